The van der Waals surface area contributed by atoms with Crippen LogP contribution in [0.1, 0.15) is 46.8 Å². The number of aromatic nitrogens is 1. The molecule has 1 aliphatic heterocycles. The van der Waals surface area contributed by atoms with Crippen LogP contribution in [0.2, 0.25) is 0 Å². The standard InChI is InChI=1S/C31H32N4O/c1-2-3-9-24-28(23-11-6-8-20-12-13-34-19-26(20)23)27-22-10-5-4-7-21(22)18-25(27)30(29(24)31(32)36)35-16-14-33-15-17-35/h4-8,10-13,19,33H,2-3,9,14-18H2,1H3,(H2,32,36). The third kappa shape index (κ3) is 3.66. The van der Waals surface area contributed by atoms with E-state index in [-0.39, 0.29) is 5.91 Å². The van der Waals surface area contributed by atoms with E-state index in [1.165, 1.54) is 22.3 Å². The van der Waals surface area contributed by atoms with E-state index < -0.39 is 0 Å². The van der Waals surface area contributed by atoms with Crippen LogP contribution in [0.3, 0.4) is 0 Å². The maximum Gasteiger partial charge on any atom is 0.251 e. The highest BCUT2D eigenvalue weighted by molar-refractivity contribution is 6.11. The summed E-state index contributed by atoms with van der Waals surface area (Å²) in [6.07, 6.45) is 7.47. The van der Waals surface area contributed by atoms with Gasteiger partial charge in [-0.05, 0) is 63.2 Å². The highest BCUT2D eigenvalue weighted by Crippen LogP contribution is 2.52. The van der Waals surface area contributed by atoms with Gasteiger partial charge in [0.15, 0.2) is 0 Å². The lowest BCUT2D eigenvalue weighted by molar-refractivity contribution is 0.0999. The molecule has 4 aromatic rings. The van der Waals surface area contributed by atoms with Crippen molar-refractivity contribution >= 4 is 22.4 Å². The van der Waals surface area contributed by atoms with Crippen LogP contribution in [0.4, 0.5) is 5.69 Å². The molecule has 1 amide bonds. The van der Waals surface area contributed by atoms with Crippen LogP contribution >= 0.6 is 0 Å². The molecule has 3 N–H and O–H groups in total. The number of amides is 1. The molecule has 0 atom stereocenters. The lowest BCUT2D eigenvalue weighted by Gasteiger charge is -2.34. The highest BCUT2D eigenvalue weighted by atomic mass is 16.1. The first-order valence-corrected chi connectivity index (χ1v) is 13.1. The fourth-order valence-electron chi connectivity index (χ4n) is 6.15. The second-order valence-electron chi connectivity index (χ2n) is 9.87. The molecule has 2 aliphatic rings. The van der Waals surface area contributed by atoms with Crippen molar-refractivity contribution < 1.29 is 4.79 Å². The third-order valence-electron chi connectivity index (χ3n) is 7.74. The minimum absolute atomic E-state index is 0.326. The molecular weight excluding hydrogens is 444 g/mol. The van der Waals surface area contributed by atoms with Crippen LogP contribution in [-0.2, 0) is 12.8 Å². The van der Waals surface area contributed by atoms with Crippen molar-refractivity contribution in [2.75, 3.05) is 31.1 Å². The number of anilines is 1. The number of nitrogens with two attached hydrogens (primary N) is 1. The molecule has 2 heterocycles. The Bertz CT molecular complexity index is 1460. The average molecular weight is 477 g/mol. The lowest BCUT2D eigenvalue weighted by Crippen LogP contribution is -2.45. The van der Waals surface area contributed by atoms with Gasteiger partial charge in [-0.2, -0.15) is 0 Å². The first-order chi connectivity index (χ1) is 17.7. The fraction of sp³-hybridized carbons (Fsp3) is 0.290. The summed E-state index contributed by atoms with van der Waals surface area (Å²) in [5, 5.41) is 5.71. The zero-order valence-electron chi connectivity index (χ0n) is 20.8. The summed E-state index contributed by atoms with van der Waals surface area (Å²) >= 11 is 0. The quantitative estimate of drug-likeness (QED) is 0.348. The molecule has 3 aromatic carbocycles. The molecule has 1 aromatic heterocycles. The van der Waals surface area contributed by atoms with Gasteiger partial charge in [-0.15, -0.1) is 0 Å². The van der Waals surface area contributed by atoms with Crippen molar-refractivity contribution in [2.24, 2.45) is 5.73 Å². The van der Waals surface area contributed by atoms with Gasteiger partial charge in [0, 0.05) is 50.4 Å². The van der Waals surface area contributed by atoms with Gasteiger partial charge in [-0.3, -0.25) is 9.78 Å². The largest absolute Gasteiger partial charge is 0.368 e. The van der Waals surface area contributed by atoms with Crippen molar-refractivity contribution in [2.45, 2.75) is 32.6 Å². The SMILES string of the molecule is CCCCc1c(C(N)=O)c(N2CCNCC2)c2c(c1-c1cccc3ccncc13)-c1ccccc1C2. The Kier molecular flexibility index (Phi) is 5.94. The molecule has 0 saturated carbocycles. The zero-order chi connectivity index (χ0) is 24.6. The van der Waals surface area contributed by atoms with Crippen molar-refractivity contribution in [3.8, 4) is 22.3 Å². The summed E-state index contributed by atoms with van der Waals surface area (Å²) in [5.41, 5.74) is 16.5. The lowest BCUT2D eigenvalue weighted by atomic mass is 9.82. The summed E-state index contributed by atoms with van der Waals surface area (Å²) in [7, 11) is 0. The molecule has 5 heteroatoms. The molecule has 36 heavy (non-hydrogen) atoms. The van der Waals surface area contributed by atoms with E-state index in [0.29, 0.717) is 5.56 Å². The van der Waals surface area contributed by atoms with Gasteiger partial charge in [-0.1, -0.05) is 55.8 Å². The van der Waals surface area contributed by atoms with Crippen LogP contribution in [0.15, 0.2) is 60.9 Å². The van der Waals surface area contributed by atoms with E-state index in [2.05, 4.69) is 70.7 Å². The number of piperazine rings is 1. The minimum Gasteiger partial charge on any atom is -0.368 e. The van der Waals surface area contributed by atoms with Crippen LogP contribution in [0.5, 0.6) is 0 Å². The molecule has 0 radical (unpaired) electrons. The van der Waals surface area contributed by atoms with Crippen LogP contribution in [0, 0.1) is 0 Å². The summed E-state index contributed by atoms with van der Waals surface area (Å²) in [4.78, 5) is 20.2. The summed E-state index contributed by atoms with van der Waals surface area (Å²) < 4.78 is 0. The summed E-state index contributed by atoms with van der Waals surface area (Å²) in [5.74, 6) is -0.326. The number of benzene rings is 3. The predicted octanol–water partition coefficient (Wildman–Crippen LogP) is 5.32. The van der Waals surface area contributed by atoms with E-state index >= 15 is 0 Å². The van der Waals surface area contributed by atoms with E-state index in [4.69, 9.17) is 5.73 Å². The Morgan fingerprint density at radius 1 is 1.03 bits per heavy atom. The molecule has 0 spiro atoms. The number of rotatable bonds is 6. The predicted molar refractivity (Wildman–Crippen MR) is 148 cm³/mol. The second-order valence-corrected chi connectivity index (χ2v) is 9.87. The molecule has 5 nitrogen and oxygen atoms in total. The molecule has 6 rings (SSSR count). The van der Waals surface area contributed by atoms with Crippen LogP contribution in [0.25, 0.3) is 33.0 Å². The zero-order valence-corrected chi connectivity index (χ0v) is 20.8. The summed E-state index contributed by atoms with van der Waals surface area (Å²) in [6, 6.07) is 17.2. The van der Waals surface area contributed by atoms with Crippen molar-refractivity contribution in [3.05, 3.63) is 83.2 Å². The Balaban J connectivity index is 1.77. The number of fused-ring (bicyclic) bond motifs is 4. The van der Waals surface area contributed by atoms with Crippen molar-refractivity contribution in [1.82, 2.24) is 10.3 Å². The minimum atomic E-state index is -0.326. The van der Waals surface area contributed by atoms with Crippen molar-refractivity contribution in [1.29, 1.82) is 0 Å². The third-order valence-corrected chi connectivity index (χ3v) is 7.74. The molecule has 1 saturated heterocycles. The number of hydrogen-bond acceptors (Lipinski definition) is 4. The molecule has 1 fully saturated rings. The number of nitrogens with one attached hydrogen (secondary N) is 1. The smallest absolute Gasteiger partial charge is 0.251 e. The van der Waals surface area contributed by atoms with E-state index in [1.807, 2.05) is 12.4 Å². The Hall–Kier alpha value is -3.70. The molecule has 0 unspecified atom stereocenters. The van der Waals surface area contributed by atoms with Gasteiger partial charge in [0.1, 0.15) is 0 Å². The van der Waals surface area contributed by atoms with Crippen LogP contribution in [-0.4, -0.2) is 37.1 Å². The number of carbonyl (C=O) groups excluding carboxylic acids is 1. The van der Waals surface area contributed by atoms with Gasteiger partial charge in [0.25, 0.3) is 5.91 Å². The van der Waals surface area contributed by atoms with Gasteiger partial charge >= 0.3 is 0 Å². The monoisotopic (exact) mass is 476 g/mol. The molecule has 182 valence electrons. The fourth-order valence-corrected chi connectivity index (χ4v) is 6.15. The van der Waals surface area contributed by atoms with Crippen LogP contribution < -0.4 is 16.0 Å². The Morgan fingerprint density at radius 2 is 1.83 bits per heavy atom. The average Bonchev–Trinajstić information content (AvgIpc) is 3.30. The van der Waals surface area contributed by atoms with Gasteiger partial charge < -0.3 is 16.0 Å². The Labute approximate surface area is 212 Å². The van der Waals surface area contributed by atoms with E-state index in [9.17, 15) is 4.79 Å². The molecular formula is C31H32N4O. The number of unbranched alkanes of at least 4 members (excludes halogenated alkanes) is 1. The second kappa shape index (κ2) is 9.40. The normalized spacial score (nSPS) is 14.6. The number of pyridine rings is 1. The van der Waals surface area contributed by atoms with Gasteiger partial charge in [0.05, 0.1) is 11.3 Å². The maximum absolute atomic E-state index is 13.3. The number of primary amides is 1. The van der Waals surface area contributed by atoms with E-state index in [0.717, 1.165) is 85.0 Å². The first-order valence-electron chi connectivity index (χ1n) is 13.1. The van der Waals surface area contributed by atoms with E-state index in [1.54, 1.807) is 0 Å². The highest BCUT2D eigenvalue weighted by Gasteiger charge is 2.34. The van der Waals surface area contributed by atoms with Gasteiger partial charge in [0.2, 0.25) is 0 Å². The summed E-state index contributed by atoms with van der Waals surface area (Å²) in [6.45, 7) is 5.74. The number of hydrogen-bond donors (Lipinski definition) is 2. The van der Waals surface area contributed by atoms with Crippen molar-refractivity contribution in [3.63, 3.8) is 0 Å². The maximum atomic E-state index is 13.3. The van der Waals surface area contributed by atoms with Gasteiger partial charge in [-0.25, -0.2) is 0 Å². The number of nitrogens with zero attached hydrogens (tertiary/aromatic N) is 2. The Morgan fingerprint density at radius 3 is 2.64 bits per heavy atom. The first kappa shape index (κ1) is 22.7. The topological polar surface area (TPSA) is 71.2 Å². The molecule has 0 bridgehead atoms. The molecule has 1 aliphatic carbocycles. The number of carbonyl (C=O) groups is 1.